The highest BCUT2D eigenvalue weighted by molar-refractivity contribution is 5.94. The Morgan fingerprint density at radius 2 is 0.901 bits per heavy atom. The van der Waals surface area contributed by atoms with Gasteiger partial charge < -0.3 is 114 Å². The average Bonchev–Trinajstić information content (AvgIpc) is 3.69. The van der Waals surface area contributed by atoms with Crippen molar-refractivity contribution in [2.75, 3.05) is 33.5 Å². The predicted octanol–water partition coefficient (Wildman–Crippen LogP) is -4.36. The maximum Gasteiger partial charge on any atom is 0.351 e. The monoisotopic (exact) mass is 1140 g/mol. The number of hydrogen-bond acceptors (Lipinski definition) is 25. The number of benzene rings is 4. The number of para-hydroxylation sites is 1. The van der Waals surface area contributed by atoms with Crippen LogP contribution in [0.25, 0.3) is 10.8 Å². The highest BCUT2D eigenvalue weighted by atomic mass is 16.6. The molecule has 452 valence electrons. The fourth-order valence-electron chi connectivity index (χ4n) is 6.51. The van der Waals surface area contributed by atoms with Crippen LogP contribution in [0, 0.1) is 10.8 Å². The lowest BCUT2D eigenvalue weighted by Gasteiger charge is -2.34. The van der Waals surface area contributed by atoms with Crippen LogP contribution >= 0.6 is 0 Å². The third-order valence-corrected chi connectivity index (χ3v) is 10.8. The van der Waals surface area contributed by atoms with E-state index >= 15 is 0 Å². The van der Waals surface area contributed by atoms with Gasteiger partial charge in [-0.2, -0.15) is 0 Å². The molecule has 4 aromatic rings. The van der Waals surface area contributed by atoms with Gasteiger partial charge in [-0.3, -0.25) is 4.79 Å². The maximum absolute atomic E-state index is 12.0. The molecular weight excluding hydrogens is 1070 g/mol. The average molecular weight is 1140 g/mol. The molecule has 0 spiro atoms. The van der Waals surface area contributed by atoms with Crippen molar-refractivity contribution in [3.63, 3.8) is 0 Å². The van der Waals surface area contributed by atoms with Crippen LogP contribution in [0.1, 0.15) is 99.3 Å². The van der Waals surface area contributed by atoms with Crippen molar-refractivity contribution in [2.24, 2.45) is 10.8 Å². The molecule has 4 aromatic carbocycles. The van der Waals surface area contributed by atoms with Crippen LogP contribution in [0.5, 0.6) is 5.75 Å². The first-order chi connectivity index (χ1) is 37.7. The van der Waals surface area contributed by atoms with Gasteiger partial charge in [-0.15, -0.1) is 0 Å². The van der Waals surface area contributed by atoms with Crippen molar-refractivity contribution in [2.45, 2.75) is 111 Å². The molecule has 2 atom stereocenters. The molecule has 25 heteroatoms. The zero-order chi connectivity index (χ0) is 63.3. The second-order valence-electron chi connectivity index (χ2n) is 17.3. The topological polar surface area (TPSA) is 464 Å². The summed E-state index contributed by atoms with van der Waals surface area (Å²) in [6, 6.07) is 37.4. The van der Waals surface area contributed by atoms with Gasteiger partial charge in [0, 0.05) is 61.8 Å². The van der Waals surface area contributed by atoms with Crippen LogP contribution in [0.3, 0.4) is 0 Å². The lowest BCUT2D eigenvalue weighted by atomic mass is 9.66. The molecule has 3 fully saturated rings. The molecule has 1 saturated heterocycles. The minimum Gasteiger partial charge on any atom is -0.550 e. The molecule has 2 aliphatic carbocycles. The van der Waals surface area contributed by atoms with Gasteiger partial charge in [0.2, 0.25) is 5.60 Å². The van der Waals surface area contributed by atoms with E-state index in [2.05, 4.69) is 58.0 Å². The number of aromatic hydroxyl groups is 1. The lowest BCUT2D eigenvalue weighted by Crippen LogP contribution is -2.49. The second-order valence-corrected chi connectivity index (χ2v) is 17.3. The first-order valence-electron chi connectivity index (χ1n) is 24.2. The normalized spacial score (nSPS) is 16.3. The van der Waals surface area contributed by atoms with Crippen LogP contribution in [-0.2, 0) is 62.2 Å². The summed E-state index contributed by atoms with van der Waals surface area (Å²) in [5, 5.41) is 111. The molecule has 1 aliphatic heterocycles. The summed E-state index contributed by atoms with van der Waals surface area (Å²) < 4.78 is 14.3. The summed E-state index contributed by atoms with van der Waals surface area (Å²) in [4.78, 5) is 99.1. The Hall–Kier alpha value is -8.52. The number of carboxylic acids is 8. The minimum atomic E-state index is -1.52. The fourth-order valence-corrected chi connectivity index (χ4v) is 6.51. The number of ether oxygens (including phenoxy) is 3. The van der Waals surface area contributed by atoms with E-state index in [1.54, 1.807) is 45.0 Å². The fraction of sp³-hybridized carbons (Fsp3) is 0.429. The number of carbonyl (C=O) groups is 10. The maximum atomic E-state index is 12.0. The van der Waals surface area contributed by atoms with Crippen molar-refractivity contribution < 1.29 is 123 Å². The number of carbonyl (C=O) groups excluding carboxylic acids is 10. The van der Waals surface area contributed by atoms with Gasteiger partial charge >= 0.3 is 11.9 Å². The van der Waals surface area contributed by atoms with Crippen LogP contribution in [0.15, 0.2) is 115 Å². The zero-order valence-corrected chi connectivity index (χ0v) is 46.0. The molecule has 0 amide bonds. The SMILES string of the molecule is CC(=O)[O-].CC(=O)[O-].CC(=O)[O-].CC12CCC(C(=O)OCC(=O)[O-])(OC1=O)C2(C)C.COCCC(=O)[O-].O=C([O-])C1(O)CCCCC1.O=C([O-])CCO.O=C([O-])CO.Oc1ccccc1.c1ccc2ccccc2c1.c1ccccc1. The zero-order valence-electron chi connectivity index (χ0n) is 46.0. The van der Waals surface area contributed by atoms with Gasteiger partial charge in [0.1, 0.15) is 18.0 Å². The Balaban J connectivity index is -0.000000419. The van der Waals surface area contributed by atoms with Crippen molar-refractivity contribution in [1.82, 2.24) is 0 Å². The number of carboxylic acid groups (broad SMARTS) is 8. The molecular formula is C56H70O25-8. The number of aliphatic hydroxyl groups is 3. The number of phenols is 1. The third-order valence-electron chi connectivity index (χ3n) is 10.8. The first kappa shape index (κ1) is 79.0. The van der Waals surface area contributed by atoms with Crippen LogP contribution < -0.4 is 40.9 Å². The smallest absolute Gasteiger partial charge is 0.351 e. The van der Waals surface area contributed by atoms with Gasteiger partial charge in [-0.25, -0.2) is 4.79 Å². The number of aliphatic carboxylic acids is 8. The predicted molar refractivity (Wildman–Crippen MR) is 270 cm³/mol. The van der Waals surface area contributed by atoms with Gasteiger partial charge in [0.15, 0.2) is 0 Å². The van der Waals surface area contributed by atoms with E-state index in [1.165, 1.54) is 17.9 Å². The first-order valence-corrected chi connectivity index (χ1v) is 24.2. The van der Waals surface area contributed by atoms with Crippen LogP contribution in [-0.4, -0.2) is 125 Å². The number of rotatable bonds is 10. The van der Waals surface area contributed by atoms with E-state index in [-0.39, 0.29) is 26.1 Å². The molecule has 81 heavy (non-hydrogen) atoms. The molecule has 3 aliphatic rings. The highest BCUT2D eigenvalue weighted by Gasteiger charge is 2.76. The summed E-state index contributed by atoms with van der Waals surface area (Å²) in [5.41, 5.74) is -4.33. The summed E-state index contributed by atoms with van der Waals surface area (Å²) in [7, 11) is 1.45. The molecule has 2 unspecified atom stereocenters. The Kier molecular flexibility index (Phi) is 43.2. The number of esters is 2. The highest BCUT2D eigenvalue weighted by Crippen LogP contribution is 2.65. The largest absolute Gasteiger partial charge is 0.550 e. The molecule has 2 bridgehead atoms. The Morgan fingerprint density at radius 3 is 1.11 bits per heavy atom. The van der Waals surface area contributed by atoms with E-state index in [4.69, 9.17) is 59.7 Å². The number of phenolic OH excluding ortho intramolecular Hbond substituents is 1. The van der Waals surface area contributed by atoms with E-state index in [0.717, 1.165) is 40.0 Å². The molecule has 0 radical (unpaired) electrons. The molecule has 1 heterocycles. The summed E-state index contributed by atoms with van der Waals surface area (Å²) in [5.74, 6) is -10.7. The molecule has 0 aromatic heterocycles. The van der Waals surface area contributed by atoms with Gasteiger partial charge in [0.05, 0.1) is 36.5 Å². The summed E-state index contributed by atoms with van der Waals surface area (Å²) in [6.07, 6.45) is 3.93. The molecule has 25 nitrogen and oxygen atoms in total. The lowest BCUT2D eigenvalue weighted by molar-refractivity contribution is -0.326. The standard InChI is InChI=1S/C12H16O6.C10H8.C7H12O3.C6H6O.C6H6.C4H8O3.C3H6O3.C2H4O3.3C2H4O2/c1-10(2)11(3)4-5-12(10,18-8(11)15)9(16)17-6-7(13)14;1-2-6-10-8-4-3-7-9(10)5-1;8-6(9)7(10)4-2-1-3-5-7;7-6-4-2-1-3-5-6;1-2-4-6-5-3-1;1-7-3-2-4(5)6;4-2-1-3(5)6;3-1-2(4)5;3*1-2(3)4/h4-6H2,1-3H3,(H,13,14);1-8H;10H,1-5H2,(H,8,9);1-5,7H;1-6H;2-3H2,1H3,(H,5,6);4H,1-2H2,(H,5,6);3H,1H2,(H,4,5);3*1H3,(H,3,4)/p-8. The van der Waals surface area contributed by atoms with Crippen LogP contribution in [0.2, 0.25) is 0 Å². The Labute approximate surface area is 468 Å². The summed E-state index contributed by atoms with van der Waals surface area (Å²) in [6.45, 7) is 6.40. The van der Waals surface area contributed by atoms with Gasteiger partial charge in [-0.05, 0) is 76.3 Å². The van der Waals surface area contributed by atoms with Gasteiger partial charge in [-0.1, -0.05) is 136 Å². The number of fused-ring (bicyclic) bond motifs is 3. The Bertz CT molecular complexity index is 2320. The van der Waals surface area contributed by atoms with Crippen LogP contribution in [0.4, 0.5) is 0 Å². The second kappa shape index (κ2) is 44.3. The summed E-state index contributed by atoms with van der Waals surface area (Å²) >= 11 is 0. The van der Waals surface area contributed by atoms with Gasteiger partial charge in [0.25, 0.3) is 0 Å². The quantitative estimate of drug-likeness (QED) is 0.109. The van der Waals surface area contributed by atoms with Crippen molar-refractivity contribution in [3.8, 4) is 5.75 Å². The van der Waals surface area contributed by atoms with Crippen molar-refractivity contribution in [3.05, 3.63) is 115 Å². The van der Waals surface area contributed by atoms with E-state index < -0.39 is 94.9 Å². The van der Waals surface area contributed by atoms with E-state index in [1.807, 2.05) is 42.5 Å². The van der Waals surface area contributed by atoms with E-state index in [9.17, 15) is 54.3 Å². The number of methoxy groups -OCH3 is 1. The van der Waals surface area contributed by atoms with E-state index in [0.29, 0.717) is 31.4 Å². The molecule has 7 rings (SSSR count). The molecule has 4 N–H and O–H groups in total. The third kappa shape index (κ3) is 37.9. The molecule has 2 saturated carbocycles. The Morgan fingerprint density at radius 1 is 0.543 bits per heavy atom. The minimum absolute atomic E-state index is 0.0174. The van der Waals surface area contributed by atoms with Crippen molar-refractivity contribution >= 4 is 70.5 Å². The number of aliphatic hydroxyl groups excluding tert-OH is 2. The number of hydrogen-bond donors (Lipinski definition) is 4. The van der Waals surface area contributed by atoms with Crippen molar-refractivity contribution in [1.29, 1.82) is 0 Å².